The molecule has 0 aromatic rings. The highest BCUT2D eigenvalue weighted by molar-refractivity contribution is 5.95. The summed E-state index contributed by atoms with van der Waals surface area (Å²) in [5, 5.41) is 0. The molecule has 0 N–H and O–H groups in total. The number of Topliss-reactive ketones (excluding diaryl/α,β-unsaturated/α-hetero) is 3. The monoisotopic (exact) mass is 330 g/mol. The molecular formula is C21H30O3. The summed E-state index contributed by atoms with van der Waals surface area (Å²) in [6.07, 6.45) is 5.74. The Balaban J connectivity index is 1.75. The van der Waals surface area contributed by atoms with Crippen molar-refractivity contribution in [3.05, 3.63) is 0 Å². The van der Waals surface area contributed by atoms with Gasteiger partial charge in [-0.2, -0.15) is 0 Å². The first-order valence-electron chi connectivity index (χ1n) is 9.71. The Kier molecular flexibility index (Phi) is 3.29. The van der Waals surface area contributed by atoms with Crippen LogP contribution in [0.1, 0.15) is 72.6 Å². The van der Waals surface area contributed by atoms with Gasteiger partial charge in [-0.05, 0) is 48.9 Å². The molecule has 3 nitrogen and oxygen atoms in total. The first-order valence-corrected chi connectivity index (χ1v) is 9.71. The van der Waals surface area contributed by atoms with Crippen LogP contribution in [0.3, 0.4) is 0 Å². The normalized spacial score (nSPS) is 50.2. The van der Waals surface area contributed by atoms with Gasteiger partial charge in [-0.1, -0.05) is 27.7 Å². The zero-order valence-corrected chi connectivity index (χ0v) is 15.5. The molecular weight excluding hydrogens is 300 g/mol. The third kappa shape index (κ3) is 1.82. The SMILES string of the molecule is CC1(C)C(=O)CC[C@@]2(C)C1C(=O)C[C@@H]1[C@@H]2CC[C@]2(C)C(=O)CC[C@@H]12. The third-order valence-corrected chi connectivity index (χ3v) is 8.74. The van der Waals surface area contributed by atoms with Gasteiger partial charge >= 0.3 is 0 Å². The third-order valence-electron chi connectivity index (χ3n) is 8.74. The van der Waals surface area contributed by atoms with Crippen molar-refractivity contribution in [2.45, 2.75) is 72.6 Å². The van der Waals surface area contributed by atoms with Crippen molar-refractivity contribution in [2.75, 3.05) is 0 Å². The van der Waals surface area contributed by atoms with Crippen LogP contribution in [-0.4, -0.2) is 17.3 Å². The van der Waals surface area contributed by atoms with Crippen molar-refractivity contribution in [2.24, 2.45) is 39.9 Å². The average molecular weight is 330 g/mol. The molecule has 0 aromatic carbocycles. The second-order valence-electron chi connectivity index (χ2n) is 10.0. The fourth-order valence-corrected chi connectivity index (χ4v) is 7.52. The molecule has 4 rings (SSSR count). The summed E-state index contributed by atoms with van der Waals surface area (Å²) in [5.74, 6) is 2.07. The minimum Gasteiger partial charge on any atom is -0.299 e. The summed E-state index contributed by atoms with van der Waals surface area (Å²) in [6.45, 7) is 8.40. The number of ketones is 3. The maximum Gasteiger partial charge on any atom is 0.139 e. The second kappa shape index (κ2) is 4.80. The summed E-state index contributed by atoms with van der Waals surface area (Å²) in [6, 6.07) is 0. The van der Waals surface area contributed by atoms with Gasteiger partial charge in [0.05, 0.1) is 0 Å². The fraction of sp³-hybridized carbons (Fsp3) is 0.857. The van der Waals surface area contributed by atoms with Crippen LogP contribution in [0.4, 0.5) is 0 Å². The van der Waals surface area contributed by atoms with Gasteiger partial charge in [0.1, 0.15) is 17.3 Å². The van der Waals surface area contributed by atoms with Gasteiger partial charge in [-0.25, -0.2) is 0 Å². The van der Waals surface area contributed by atoms with Crippen LogP contribution in [0.15, 0.2) is 0 Å². The lowest BCUT2D eigenvalue weighted by atomic mass is 9.41. The van der Waals surface area contributed by atoms with Crippen LogP contribution in [0.2, 0.25) is 0 Å². The molecule has 4 aliphatic rings. The topological polar surface area (TPSA) is 51.2 Å². The van der Waals surface area contributed by atoms with Crippen LogP contribution in [0.5, 0.6) is 0 Å². The first kappa shape index (κ1) is 16.5. The lowest BCUT2D eigenvalue weighted by Crippen LogP contribution is -2.61. The highest BCUT2D eigenvalue weighted by Crippen LogP contribution is 2.66. The van der Waals surface area contributed by atoms with Crippen molar-refractivity contribution in [3.63, 3.8) is 0 Å². The van der Waals surface area contributed by atoms with E-state index in [-0.39, 0.29) is 22.5 Å². The Morgan fingerprint density at radius 1 is 0.833 bits per heavy atom. The van der Waals surface area contributed by atoms with Gasteiger partial charge in [-0.3, -0.25) is 14.4 Å². The fourth-order valence-electron chi connectivity index (χ4n) is 7.52. The molecule has 0 radical (unpaired) electrons. The maximum absolute atomic E-state index is 13.2. The highest BCUT2D eigenvalue weighted by atomic mass is 16.1. The van der Waals surface area contributed by atoms with E-state index in [9.17, 15) is 14.4 Å². The summed E-state index contributed by atoms with van der Waals surface area (Å²) >= 11 is 0. The zero-order chi connectivity index (χ0) is 17.5. The summed E-state index contributed by atoms with van der Waals surface area (Å²) in [4.78, 5) is 38.2. The van der Waals surface area contributed by atoms with E-state index < -0.39 is 5.41 Å². The van der Waals surface area contributed by atoms with E-state index in [1.54, 1.807) is 0 Å². The average Bonchev–Trinajstić information content (AvgIpc) is 2.79. The van der Waals surface area contributed by atoms with Gasteiger partial charge in [0.15, 0.2) is 0 Å². The summed E-state index contributed by atoms with van der Waals surface area (Å²) in [7, 11) is 0. The Hall–Kier alpha value is -0.990. The molecule has 4 aliphatic carbocycles. The van der Waals surface area contributed by atoms with Crippen LogP contribution in [0, 0.1) is 39.9 Å². The minimum absolute atomic E-state index is 0.0651. The molecule has 0 amide bonds. The molecule has 0 spiro atoms. The Morgan fingerprint density at radius 3 is 2.25 bits per heavy atom. The maximum atomic E-state index is 13.2. The Bertz CT molecular complexity index is 633. The smallest absolute Gasteiger partial charge is 0.139 e. The number of rotatable bonds is 0. The quantitative estimate of drug-likeness (QED) is 0.675. The largest absolute Gasteiger partial charge is 0.299 e. The lowest BCUT2D eigenvalue weighted by Gasteiger charge is -2.61. The van der Waals surface area contributed by atoms with Gasteiger partial charge in [0.2, 0.25) is 0 Å². The van der Waals surface area contributed by atoms with Crippen molar-refractivity contribution >= 4 is 17.3 Å². The highest BCUT2D eigenvalue weighted by Gasteiger charge is 2.65. The standard InChI is InChI=1S/C21H30O3/c1-19(2)16(23)8-10-21(4)14-7-9-20(3)13(5-6-17(20)24)12(14)11-15(22)18(19)21/h12-14,18H,5-11H2,1-4H3/t12-,13-,14-,18?,20-,21+/m0/s1. The van der Waals surface area contributed by atoms with Crippen LogP contribution in [-0.2, 0) is 14.4 Å². The molecule has 132 valence electrons. The van der Waals surface area contributed by atoms with Crippen LogP contribution >= 0.6 is 0 Å². The lowest BCUT2D eigenvalue weighted by molar-refractivity contribution is -0.174. The van der Waals surface area contributed by atoms with Crippen LogP contribution in [0.25, 0.3) is 0 Å². The molecule has 1 unspecified atom stereocenters. The van der Waals surface area contributed by atoms with Gasteiger partial charge in [0.25, 0.3) is 0 Å². The minimum atomic E-state index is -0.526. The molecule has 0 saturated heterocycles. The molecule has 0 bridgehead atoms. The molecule has 6 atom stereocenters. The van der Waals surface area contributed by atoms with E-state index in [4.69, 9.17) is 0 Å². The summed E-state index contributed by atoms with van der Waals surface area (Å²) in [5.41, 5.74) is -0.781. The van der Waals surface area contributed by atoms with E-state index in [2.05, 4.69) is 13.8 Å². The van der Waals surface area contributed by atoms with E-state index in [1.165, 1.54) is 0 Å². The molecule has 24 heavy (non-hydrogen) atoms. The van der Waals surface area contributed by atoms with Gasteiger partial charge < -0.3 is 0 Å². The molecule has 4 fully saturated rings. The number of hydrogen-bond donors (Lipinski definition) is 0. The first-order chi connectivity index (χ1) is 11.1. The molecule has 3 heteroatoms. The molecule has 0 heterocycles. The Labute approximate surface area is 144 Å². The van der Waals surface area contributed by atoms with E-state index >= 15 is 0 Å². The van der Waals surface area contributed by atoms with Crippen molar-refractivity contribution in [1.82, 2.24) is 0 Å². The number of hydrogen-bond acceptors (Lipinski definition) is 3. The number of fused-ring (bicyclic) bond motifs is 5. The zero-order valence-electron chi connectivity index (χ0n) is 15.5. The second-order valence-corrected chi connectivity index (χ2v) is 10.0. The van der Waals surface area contributed by atoms with Crippen LogP contribution < -0.4 is 0 Å². The van der Waals surface area contributed by atoms with Crippen molar-refractivity contribution in [3.8, 4) is 0 Å². The predicted octanol–water partition coefficient (Wildman–Crippen LogP) is 3.98. The van der Waals surface area contributed by atoms with Crippen molar-refractivity contribution in [1.29, 1.82) is 0 Å². The molecule has 0 aromatic heterocycles. The van der Waals surface area contributed by atoms with E-state index in [0.717, 1.165) is 25.7 Å². The van der Waals surface area contributed by atoms with Gasteiger partial charge in [-0.15, -0.1) is 0 Å². The molecule has 0 aliphatic heterocycles. The number of carbonyl (C=O) groups is 3. The van der Waals surface area contributed by atoms with E-state index in [0.29, 0.717) is 48.6 Å². The molecule has 4 saturated carbocycles. The number of carbonyl (C=O) groups excluding carboxylic acids is 3. The van der Waals surface area contributed by atoms with E-state index in [1.807, 2.05) is 13.8 Å². The summed E-state index contributed by atoms with van der Waals surface area (Å²) < 4.78 is 0. The van der Waals surface area contributed by atoms with Crippen molar-refractivity contribution < 1.29 is 14.4 Å². The van der Waals surface area contributed by atoms with Gasteiger partial charge in [0, 0.05) is 36.0 Å². The Morgan fingerprint density at radius 2 is 1.54 bits per heavy atom. The predicted molar refractivity (Wildman–Crippen MR) is 91.3 cm³/mol.